The summed E-state index contributed by atoms with van der Waals surface area (Å²) in [5.41, 5.74) is 1.80. The number of nitrogens with one attached hydrogen (secondary N) is 2. The number of hydrogen-bond acceptors (Lipinski definition) is 3. The summed E-state index contributed by atoms with van der Waals surface area (Å²) in [5, 5.41) is 23.0. The number of carboxylic acid groups (broad SMARTS) is 1. The van der Waals surface area contributed by atoms with Crippen molar-refractivity contribution in [2.24, 2.45) is 0 Å². The Morgan fingerprint density at radius 3 is 2.54 bits per heavy atom. The molecule has 0 saturated carbocycles. The molecule has 134 valence electrons. The van der Waals surface area contributed by atoms with Crippen LogP contribution in [-0.4, -0.2) is 39.2 Å². The molecule has 1 heterocycles. The van der Waals surface area contributed by atoms with E-state index >= 15 is 0 Å². The van der Waals surface area contributed by atoms with Crippen LogP contribution in [0.25, 0.3) is 10.9 Å². The summed E-state index contributed by atoms with van der Waals surface area (Å²) in [4.78, 5) is 26.7. The third-order valence-corrected chi connectivity index (χ3v) is 4.31. The van der Waals surface area contributed by atoms with Gasteiger partial charge in [-0.1, -0.05) is 41.9 Å². The molecule has 0 saturated heterocycles. The Kier molecular flexibility index (Phi) is 5.25. The van der Waals surface area contributed by atoms with Gasteiger partial charge in [-0.25, -0.2) is 4.79 Å². The standard InChI is InChI=1S/C19H17ClN2O4/c20-13-6-7-14-12(9-13)10-16(21-14)18(24)22-15(17(23)19(25)26)8-11-4-2-1-3-5-11/h1-7,9-10,15,17,21,23H,8H2,(H,22,24)(H,25,26). The van der Waals surface area contributed by atoms with E-state index in [1.165, 1.54) is 0 Å². The van der Waals surface area contributed by atoms with Crippen LogP contribution in [0, 0.1) is 0 Å². The van der Waals surface area contributed by atoms with E-state index in [1.54, 1.807) is 36.4 Å². The molecule has 1 aromatic heterocycles. The topological polar surface area (TPSA) is 102 Å². The van der Waals surface area contributed by atoms with Crippen molar-refractivity contribution >= 4 is 34.4 Å². The summed E-state index contributed by atoms with van der Waals surface area (Å²) in [7, 11) is 0. The van der Waals surface area contributed by atoms with Gasteiger partial charge < -0.3 is 20.5 Å². The first-order chi connectivity index (χ1) is 12.4. The second kappa shape index (κ2) is 7.59. The Labute approximate surface area is 154 Å². The predicted molar refractivity (Wildman–Crippen MR) is 98.4 cm³/mol. The number of H-pyrrole nitrogens is 1. The molecule has 0 aliphatic carbocycles. The summed E-state index contributed by atoms with van der Waals surface area (Å²) < 4.78 is 0. The van der Waals surface area contributed by atoms with Gasteiger partial charge in [-0.05, 0) is 36.2 Å². The van der Waals surface area contributed by atoms with Crippen LogP contribution < -0.4 is 5.32 Å². The van der Waals surface area contributed by atoms with E-state index in [9.17, 15) is 14.7 Å². The zero-order valence-corrected chi connectivity index (χ0v) is 14.4. The molecule has 2 unspecified atom stereocenters. The number of carboxylic acids is 1. The molecule has 2 atom stereocenters. The normalized spacial score (nSPS) is 13.3. The summed E-state index contributed by atoms with van der Waals surface area (Å²) in [6.07, 6.45) is -1.54. The highest BCUT2D eigenvalue weighted by Crippen LogP contribution is 2.20. The molecule has 2 aromatic carbocycles. The van der Waals surface area contributed by atoms with Gasteiger partial charge in [-0.2, -0.15) is 0 Å². The molecule has 0 aliphatic rings. The molecule has 0 aliphatic heterocycles. The number of aromatic nitrogens is 1. The number of aliphatic carboxylic acids is 1. The molecular weight excluding hydrogens is 356 g/mol. The van der Waals surface area contributed by atoms with Crippen molar-refractivity contribution < 1.29 is 19.8 Å². The lowest BCUT2D eigenvalue weighted by Crippen LogP contribution is -2.48. The molecule has 26 heavy (non-hydrogen) atoms. The minimum absolute atomic E-state index is 0.187. The molecule has 3 rings (SSSR count). The van der Waals surface area contributed by atoms with Crippen LogP contribution in [0.3, 0.4) is 0 Å². The summed E-state index contributed by atoms with van der Waals surface area (Å²) in [5.74, 6) is -1.90. The fourth-order valence-corrected chi connectivity index (χ4v) is 2.93. The van der Waals surface area contributed by atoms with Crippen molar-refractivity contribution in [2.45, 2.75) is 18.6 Å². The first-order valence-corrected chi connectivity index (χ1v) is 8.36. The molecule has 0 fully saturated rings. The summed E-state index contributed by atoms with van der Waals surface area (Å²) in [6.45, 7) is 0. The van der Waals surface area contributed by atoms with E-state index in [2.05, 4.69) is 10.3 Å². The molecule has 4 N–H and O–H groups in total. The van der Waals surface area contributed by atoms with Crippen LogP contribution in [0.2, 0.25) is 5.02 Å². The summed E-state index contributed by atoms with van der Waals surface area (Å²) in [6, 6.07) is 14.9. The molecule has 3 aromatic rings. The second-order valence-corrected chi connectivity index (χ2v) is 6.40. The van der Waals surface area contributed by atoms with Gasteiger partial charge in [0, 0.05) is 15.9 Å². The lowest BCUT2D eigenvalue weighted by molar-refractivity contribution is -0.148. The van der Waals surface area contributed by atoms with E-state index in [1.807, 2.05) is 18.2 Å². The van der Waals surface area contributed by atoms with E-state index in [0.717, 1.165) is 16.5 Å². The van der Waals surface area contributed by atoms with Gasteiger partial charge in [0.25, 0.3) is 5.91 Å². The lowest BCUT2D eigenvalue weighted by Gasteiger charge is -2.21. The van der Waals surface area contributed by atoms with Gasteiger partial charge in [0.1, 0.15) is 5.69 Å². The van der Waals surface area contributed by atoms with Crippen molar-refractivity contribution in [1.82, 2.24) is 10.3 Å². The van der Waals surface area contributed by atoms with Gasteiger partial charge in [0.15, 0.2) is 6.10 Å². The number of hydrogen-bond donors (Lipinski definition) is 4. The number of aliphatic hydroxyl groups is 1. The largest absolute Gasteiger partial charge is 0.479 e. The molecule has 7 heteroatoms. The Bertz CT molecular complexity index is 939. The molecule has 1 amide bonds. The first kappa shape index (κ1) is 18.0. The Hall–Kier alpha value is -2.83. The highest BCUT2D eigenvalue weighted by Gasteiger charge is 2.28. The SMILES string of the molecule is O=C(NC(Cc1ccccc1)C(O)C(=O)O)c1cc2cc(Cl)ccc2[nH]1. The minimum Gasteiger partial charge on any atom is -0.479 e. The highest BCUT2D eigenvalue weighted by atomic mass is 35.5. The second-order valence-electron chi connectivity index (χ2n) is 5.97. The van der Waals surface area contributed by atoms with Gasteiger partial charge in [-0.3, -0.25) is 4.79 Å². The van der Waals surface area contributed by atoms with Crippen molar-refractivity contribution in [3.63, 3.8) is 0 Å². The van der Waals surface area contributed by atoms with Crippen LogP contribution in [0.5, 0.6) is 0 Å². The summed E-state index contributed by atoms with van der Waals surface area (Å²) >= 11 is 5.95. The van der Waals surface area contributed by atoms with Crippen LogP contribution in [0.1, 0.15) is 16.1 Å². The number of halogens is 1. The lowest BCUT2D eigenvalue weighted by atomic mass is 10.0. The molecule has 0 bridgehead atoms. The van der Waals surface area contributed by atoms with Crippen LogP contribution >= 0.6 is 11.6 Å². The number of carbonyl (C=O) groups is 2. The predicted octanol–water partition coefficient (Wildman–Crippen LogP) is 2.61. The fourth-order valence-electron chi connectivity index (χ4n) is 2.75. The smallest absolute Gasteiger partial charge is 0.334 e. The van der Waals surface area contributed by atoms with Crippen LogP contribution in [0.15, 0.2) is 54.6 Å². The highest BCUT2D eigenvalue weighted by molar-refractivity contribution is 6.31. The maximum atomic E-state index is 12.5. The van der Waals surface area contributed by atoms with Crippen molar-refractivity contribution in [2.75, 3.05) is 0 Å². The Morgan fingerprint density at radius 2 is 1.85 bits per heavy atom. The number of rotatable bonds is 6. The van der Waals surface area contributed by atoms with Gasteiger partial charge >= 0.3 is 5.97 Å². The van der Waals surface area contributed by atoms with Crippen molar-refractivity contribution in [3.8, 4) is 0 Å². The van der Waals surface area contributed by atoms with Gasteiger partial charge in [0.2, 0.25) is 0 Å². The Balaban J connectivity index is 1.82. The zero-order valence-electron chi connectivity index (χ0n) is 13.6. The van der Waals surface area contributed by atoms with E-state index in [0.29, 0.717) is 5.02 Å². The quantitative estimate of drug-likeness (QED) is 0.534. The number of aliphatic hydroxyl groups excluding tert-OH is 1. The molecule has 0 spiro atoms. The third kappa shape index (κ3) is 4.04. The minimum atomic E-state index is -1.72. The average molecular weight is 373 g/mol. The van der Waals surface area contributed by atoms with Crippen molar-refractivity contribution in [1.29, 1.82) is 0 Å². The maximum Gasteiger partial charge on any atom is 0.334 e. The Morgan fingerprint density at radius 1 is 1.12 bits per heavy atom. The molecule has 0 radical (unpaired) electrons. The number of fused-ring (bicyclic) bond motifs is 1. The van der Waals surface area contributed by atoms with E-state index in [-0.39, 0.29) is 12.1 Å². The number of benzene rings is 2. The molecule has 6 nitrogen and oxygen atoms in total. The third-order valence-electron chi connectivity index (χ3n) is 4.08. The van der Waals surface area contributed by atoms with Gasteiger partial charge in [0.05, 0.1) is 6.04 Å². The van der Waals surface area contributed by atoms with Crippen LogP contribution in [0.4, 0.5) is 0 Å². The van der Waals surface area contributed by atoms with E-state index < -0.39 is 24.0 Å². The van der Waals surface area contributed by atoms with E-state index in [4.69, 9.17) is 16.7 Å². The fraction of sp³-hybridized carbons (Fsp3) is 0.158. The maximum absolute atomic E-state index is 12.5. The van der Waals surface area contributed by atoms with Crippen molar-refractivity contribution in [3.05, 3.63) is 70.9 Å². The average Bonchev–Trinajstić information content (AvgIpc) is 3.04. The number of amides is 1. The number of carbonyl (C=O) groups excluding carboxylic acids is 1. The first-order valence-electron chi connectivity index (χ1n) is 7.98. The number of aromatic amines is 1. The van der Waals surface area contributed by atoms with Gasteiger partial charge in [-0.15, -0.1) is 0 Å². The monoisotopic (exact) mass is 372 g/mol. The van der Waals surface area contributed by atoms with Crippen LogP contribution in [-0.2, 0) is 11.2 Å². The zero-order chi connectivity index (χ0) is 18.7. The molecular formula is C19H17ClN2O4.